The molecule has 6 heteroatoms. The van der Waals surface area contributed by atoms with E-state index in [1.807, 2.05) is 0 Å². The van der Waals surface area contributed by atoms with Crippen LogP contribution in [0.1, 0.15) is 16.2 Å². The summed E-state index contributed by atoms with van der Waals surface area (Å²) in [7, 11) is 0. The molecule has 0 atom stereocenters. The highest BCUT2D eigenvalue weighted by molar-refractivity contribution is 6.13. The first-order valence-electron chi connectivity index (χ1n) is 6.14. The van der Waals surface area contributed by atoms with E-state index in [1.165, 1.54) is 6.07 Å². The lowest BCUT2D eigenvalue weighted by molar-refractivity contribution is 0.103. The molecule has 0 spiro atoms. The fourth-order valence-electron chi connectivity index (χ4n) is 2.56. The second-order valence-corrected chi connectivity index (χ2v) is 4.68. The number of ketones is 1. The average Bonchev–Trinajstić information content (AvgIpc) is 2.77. The first-order chi connectivity index (χ1) is 10.1. The van der Waals surface area contributed by atoms with Gasteiger partial charge >= 0.3 is 0 Å². The third-order valence-corrected chi connectivity index (χ3v) is 3.52. The monoisotopic (exact) mass is 284 g/mol. The second kappa shape index (κ2) is 3.82. The third-order valence-electron chi connectivity index (χ3n) is 3.52. The number of carbonyl (C=O) groups is 1. The van der Waals surface area contributed by atoms with E-state index in [2.05, 4.69) is 4.98 Å². The fraction of sp³-hybridized carbons (Fsp3) is 0. The summed E-state index contributed by atoms with van der Waals surface area (Å²) in [5.41, 5.74) is -0.559. The summed E-state index contributed by atoms with van der Waals surface area (Å²) in [6, 6.07) is 8.60. The van der Waals surface area contributed by atoms with Gasteiger partial charge in [0.1, 0.15) is 0 Å². The van der Waals surface area contributed by atoms with E-state index >= 15 is 0 Å². The summed E-state index contributed by atoms with van der Waals surface area (Å²) in [6.07, 6.45) is 0. The minimum atomic E-state index is -1.26. The largest absolute Gasteiger partial charge is 0.285 e. The summed E-state index contributed by atoms with van der Waals surface area (Å²) < 4.78 is 28.2. The molecule has 2 heterocycles. The molecule has 0 radical (unpaired) electrons. The Hall–Kier alpha value is -2.89. The number of halogens is 2. The molecular weight excluding hydrogens is 278 g/mol. The van der Waals surface area contributed by atoms with Crippen molar-refractivity contribution in [3.8, 4) is 5.69 Å². The summed E-state index contributed by atoms with van der Waals surface area (Å²) >= 11 is 0. The Bertz CT molecular complexity index is 1010. The van der Waals surface area contributed by atoms with Gasteiger partial charge in [0.25, 0.3) is 5.56 Å². The number of hydrogen-bond acceptors (Lipinski definition) is 3. The van der Waals surface area contributed by atoms with Crippen LogP contribution in [0.25, 0.3) is 16.6 Å². The molecule has 3 aromatic rings. The van der Waals surface area contributed by atoms with Crippen LogP contribution in [-0.2, 0) is 0 Å². The molecule has 1 aliphatic heterocycles. The van der Waals surface area contributed by atoms with Crippen molar-refractivity contribution in [1.29, 1.82) is 0 Å². The highest BCUT2D eigenvalue weighted by Gasteiger charge is 2.34. The van der Waals surface area contributed by atoms with Crippen molar-refractivity contribution in [2.75, 3.05) is 0 Å². The number of benzene rings is 2. The van der Waals surface area contributed by atoms with E-state index in [-0.39, 0.29) is 11.5 Å². The van der Waals surface area contributed by atoms with Crippen LogP contribution in [0.2, 0.25) is 0 Å². The molecule has 4 nitrogen and oxygen atoms in total. The van der Waals surface area contributed by atoms with Gasteiger partial charge in [-0.3, -0.25) is 14.2 Å². The molecule has 0 aliphatic carbocycles. The topological polar surface area (TPSA) is 52.0 Å². The van der Waals surface area contributed by atoms with E-state index in [0.717, 1.165) is 10.6 Å². The van der Waals surface area contributed by atoms with Gasteiger partial charge in [-0.2, -0.15) is 0 Å². The zero-order valence-electron chi connectivity index (χ0n) is 10.4. The molecule has 2 aromatic carbocycles. The Labute approximate surface area is 116 Å². The van der Waals surface area contributed by atoms with E-state index in [1.54, 1.807) is 24.3 Å². The van der Waals surface area contributed by atoms with Crippen LogP contribution in [0.4, 0.5) is 8.78 Å². The van der Waals surface area contributed by atoms with E-state index in [0.29, 0.717) is 10.9 Å². The van der Waals surface area contributed by atoms with Gasteiger partial charge in [-0.1, -0.05) is 12.1 Å². The van der Waals surface area contributed by atoms with Crippen LogP contribution in [0.5, 0.6) is 0 Å². The minimum Gasteiger partial charge on any atom is -0.285 e. The van der Waals surface area contributed by atoms with Crippen molar-refractivity contribution in [3.63, 3.8) is 0 Å². The van der Waals surface area contributed by atoms with Crippen molar-refractivity contribution < 1.29 is 13.6 Å². The summed E-state index contributed by atoms with van der Waals surface area (Å²) in [5, 5.41) is 0.312. The predicted molar refractivity (Wildman–Crippen MR) is 70.7 cm³/mol. The highest BCUT2D eigenvalue weighted by Crippen LogP contribution is 2.29. The van der Waals surface area contributed by atoms with Crippen LogP contribution >= 0.6 is 0 Å². The number of hydrogen-bond donors (Lipinski definition) is 0. The summed E-state index contributed by atoms with van der Waals surface area (Å²) in [4.78, 5) is 28.8. The lowest BCUT2D eigenvalue weighted by Crippen LogP contribution is -2.21. The number of rotatable bonds is 0. The maximum atomic E-state index is 13.9. The molecule has 21 heavy (non-hydrogen) atoms. The van der Waals surface area contributed by atoms with Gasteiger partial charge in [0.05, 0.1) is 22.2 Å². The van der Waals surface area contributed by atoms with Crippen LogP contribution < -0.4 is 5.56 Å². The number of nitrogens with zero attached hydrogens (tertiary/aromatic N) is 2. The van der Waals surface area contributed by atoms with Gasteiger partial charge in [-0.25, -0.2) is 13.8 Å². The normalized spacial score (nSPS) is 12.6. The number of fused-ring (bicyclic) bond motifs is 4. The number of para-hydroxylation sites is 1. The molecule has 102 valence electrons. The molecule has 0 bridgehead atoms. The molecule has 0 amide bonds. The molecule has 0 fully saturated rings. The van der Waals surface area contributed by atoms with Gasteiger partial charge in [0, 0.05) is 0 Å². The molecule has 0 N–H and O–H groups in total. The predicted octanol–water partition coefficient (Wildman–Crippen LogP) is 2.21. The third kappa shape index (κ3) is 1.38. The summed E-state index contributed by atoms with van der Waals surface area (Å²) in [5.74, 6) is -3.37. The smallest absolute Gasteiger partial charge is 0.266 e. The molecule has 0 saturated carbocycles. The van der Waals surface area contributed by atoms with E-state index in [4.69, 9.17) is 0 Å². The lowest BCUT2D eigenvalue weighted by atomic mass is 10.1. The van der Waals surface area contributed by atoms with Crippen molar-refractivity contribution in [3.05, 3.63) is 69.8 Å². The first kappa shape index (κ1) is 11.9. The SMILES string of the molecule is O=C1c2c(ccc(F)c2F)-n2c1nc1ccccc1c2=O. The first-order valence-corrected chi connectivity index (χ1v) is 6.14. The Morgan fingerprint density at radius 3 is 2.57 bits per heavy atom. The molecule has 0 saturated heterocycles. The molecule has 0 unspecified atom stereocenters. The standard InChI is InChI=1S/C15H6F2N2O2/c16-8-5-6-10-11(12(8)17)13(20)14-18-9-4-2-1-3-7(9)15(21)19(10)14/h1-6H. The zero-order valence-corrected chi connectivity index (χ0v) is 10.4. The second-order valence-electron chi connectivity index (χ2n) is 4.68. The van der Waals surface area contributed by atoms with Gasteiger partial charge in [0.2, 0.25) is 5.78 Å². The number of carbonyl (C=O) groups excluding carboxylic acids is 1. The van der Waals surface area contributed by atoms with Crippen molar-refractivity contribution in [2.45, 2.75) is 0 Å². The Morgan fingerprint density at radius 1 is 1.00 bits per heavy atom. The van der Waals surface area contributed by atoms with Crippen LogP contribution in [0.15, 0.2) is 41.2 Å². The van der Waals surface area contributed by atoms with Crippen molar-refractivity contribution >= 4 is 16.7 Å². The van der Waals surface area contributed by atoms with Gasteiger partial charge < -0.3 is 0 Å². The van der Waals surface area contributed by atoms with Crippen LogP contribution in [-0.4, -0.2) is 15.3 Å². The van der Waals surface area contributed by atoms with E-state index in [9.17, 15) is 18.4 Å². The minimum absolute atomic E-state index is 0.0251. The highest BCUT2D eigenvalue weighted by atomic mass is 19.2. The lowest BCUT2D eigenvalue weighted by Gasteiger charge is -2.05. The fourth-order valence-corrected chi connectivity index (χ4v) is 2.56. The average molecular weight is 284 g/mol. The quantitative estimate of drug-likeness (QED) is 0.497. The maximum Gasteiger partial charge on any atom is 0.266 e. The number of aromatic nitrogens is 2. The zero-order chi connectivity index (χ0) is 14.7. The Balaban J connectivity index is 2.21. The summed E-state index contributed by atoms with van der Waals surface area (Å²) in [6.45, 7) is 0. The Kier molecular flexibility index (Phi) is 2.16. The van der Waals surface area contributed by atoms with Crippen molar-refractivity contribution in [2.24, 2.45) is 0 Å². The van der Waals surface area contributed by atoms with E-state index < -0.39 is 28.5 Å². The molecular formula is C15H6F2N2O2. The van der Waals surface area contributed by atoms with Gasteiger partial charge in [0.15, 0.2) is 17.5 Å². The molecule has 1 aliphatic rings. The van der Waals surface area contributed by atoms with Gasteiger partial charge in [-0.05, 0) is 24.3 Å². The van der Waals surface area contributed by atoms with Crippen molar-refractivity contribution in [1.82, 2.24) is 9.55 Å². The van der Waals surface area contributed by atoms with Gasteiger partial charge in [-0.15, -0.1) is 0 Å². The van der Waals surface area contributed by atoms with Crippen LogP contribution in [0, 0.1) is 11.6 Å². The maximum absolute atomic E-state index is 13.9. The Morgan fingerprint density at radius 2 is 1.76 bits per heavy atom. The molecule has 4 rings (SSSR count). The molecule has 1 aromatic heterocycles. The van der Waals surface area contributed by atoms with Crippen LogP contribution in [0.3, 0.4) is 0 Å².